The normalized spacial score (nSPS) is 14.9. The number of benzene rings is 1. The number of ether oxygens (including phenoxy) is 1. The quantitative estimate of drug-likeness (QED) is 0.457. The number of aryl methyl sites for hydroxylation is 3. The van der Waals surface area contributed by atoms with Gasteiger partial charge in [-0.1, -0.05) is 36.8 Å². The van der Waals surface area contributed by atoms with Crippen LogP contribution in [0.25, 0.3) is 10.2 Å². The van der Waals surface area contributed by atoms with Gasteiger partial charge >= 0.3 is 11.7 Å². The van der Waals surface area contributed by atoms with Gasteiger partial charge in [0, 0.05) is 11.4 Å². The first-order valence-electron chi connectivity index (χ1n) is 12.0. The fraction of sp³-hybridized carbons (Fsp3) is 0.519. The number of hydrogen-bond acceptors (Lipinski definition) is 5. The van der Waals surface area contributed by atoms with Crippen LogP contribution in [0.4, 0.5) is 0 Å². The van der Waals surface area contributed by atoms with Gasteiger partial charge in [0.05, 0.1) is 5.39 Å². The summed E-state index contributed by atoms with van der Waals surface area (Å²) in [6.45, 7) is 10.9. The molecule has 0 saturated heterocycles. The van der Waals surface area contributed by atoms with Crippen molar-refractivity contribution >= 4 is 27.5 Å². The average molecular weight is 483 g/mol. The minimum atomic E-state index is -1.45. The van der Waals surface area contributed by atoms with Crippen molar-refractivity contribution in [3.63, 3.8) is 0 Å². The highest BCUT2D eigenvalue weighted by Gasteiger charge is 2.39. The van der Waals surface area contributed by atoms with Gasteiger partial charge in [-0.3, -0.25) is 9.36 Å². The van der Waals surface area contributed by atoms with Crippen molar-refractivity contribution in [2.45, 2.75) is 90.8 Å². The smallest absolute Gasteiger partial charge is 0.333 e. The van der Waals surface area contributed by atoms with E-state index in [0.717, 1.165) is 28.5 Å². The lowest BCUT2D eigenvalue weighted by molar-refractivity contribution is -0.164. The van der Waals surface area contributed by atoms with E-state index in [2.05, 4.69) is 0 Å². The third kappa shape index (κ3) is 4.38. The van der Waals surface area contributed by atoms with E-state index in [9.17, 15) is 14.4 Å². The number of fused-ring (bicyclic) bond motifs is 1. The summed E-state index contributed by atoms with van der Waals surface area (Å²) in [5.74, 6) is -0.151. The van der Waals surface area contributed by atoms with E-state index in [4.69, 9.17) is 4.74 Å². The molecule has 2 aromatic heterocycles. The lowest BCUT2D eigenvalue weighted by atomic mass is 9.83. The summed E-state index contributed by atoms with van der Waals surface area (Å²) in [5, 5.41) is 0.552. The molecule has 0 spiro atoms. The average Bonchev–Trinajstić information content (AvgIpc) is 3.03. The largest absolute Gasteiger partial charge is 0.458 e. The minimum absolute atomic E-state index is 0.411. The Kier molecular flexibility index (Phi) is 6.36. The fourth-order valence-electron chi connectivity index (χ4n) is 4.49. The summed E-state index contributed by atoms with van der Waals surface area (Å²) < 4.78 is 8.40. The number of nitrogens with zero attached hydrogens (tertiary/aromatic N) is 2. The predicted molar refractivity (Wildman–Crippen MR) is 137 cm³/mol. The maximum atomic E-state index is 13.8. The molecule has 1 aliphatic rings. The summed E-state index contributed by atoms with van der Waals surface area (Å²) in [4.78, 5) is 42.7. The molecule has 0 aliphatic heterocycles. The van der Waals surface area contributed by atoms with Gasteiger partial charge in [-0.25, -0.2) is 14.2 Å². The van der Waals surface area contributed by atoms with E-state index in [1.807, 2.05) is 37.3 Å². The van der Waals surface area contributed by atoms with Crippen LogP contribution in [0.15, 0.2) is 39.9 Å². The first kappa shape index (κ1) is 24.5. The van der Waals surface area contributed by atoms with Gasteiger partial charge in [-0.2, -0.15) is 0 Å². The van der Waals surface area contributed by atoms with Crippen molar-refractivity contribution < 1.29 is 9.53 Å². The monoisotopic (exact) mass is 482 g/mol. The van der Waals surface area contributed by atoms with Crippen molar-refractivity contribution in [2.24, 2.45) is 0 Å². The van der Waals surface area contributed by atoms with E-state index < -0.39 is 28.4 Å². The Morgan fingerprint density at radius 2 is 1.74 bits per heavy atom. The number of hydrogen-bond donors (Lipinski definition) is 0. The van der Waals surface area contributed by atoms with E-state index >= 15 is 0 Å². The second kappa shape index (κ2) is 8.84. The molecule has 0 N–H and O–H groups in total. The third-order valence-corrected chi connectivity index (χ3v) is 8.13. The van der Waals surface area contributed by atoms with E-state index in [1.54, 1.807) is 50.5 Å². The Morgan fingerprint density at radius 1 is 1.09 bits per heavy atom. The molecule has 1 aliphatic carbocycles. The fourth-order valence-corrected chi connectivity index (χ4v) is 5.98. The number of carbonyl (C=O) groups is 1. The zero-order valence-electron chi connectivity index (χ0n) is 20.9. The first-order chi connectivity index (χ1) is 15.9. The molecular formula is C27H34N2O4S. The second-order valence-electron chi connectivity index (χ2n) is 10.8. The highest BCUT2D eigenvalue weighted by Crippen LogP contribution is 2.43. The van der Waals surface area contributed by atoms with Crippen LogP contribution in [0.5, 0.6) is 0 Å². The van der Waals surface area contributed by atoms with Crippen molar-refractivity contribution in [1.29, 1.82) is 0 Å². The van der Waals surface area contributed by atoms with Crippen LogP contribution in [0.1, 0.15) is 75.8 Å². The number of esters is 1. The van der Waals surface area contributed by atoms with Gasteiger partial charge in [0.2, 0.25) is 0 Å². The van der Waals surface area contributed by atoms with Crippen LogP contribution >= 0.6 is 11.3 Å². The van der Waals surface area contributed by atoms with Gasteiger partial charge in [0.25, 0.3) is 5.56 Å². The van der Waals surface area contributed by atoms with Crippen LogP contribution in [0, 0.1) is 6.92 Å². The van der Waals surface area contributed by atoms with Gasteiger partial charge in [-0.15, -0.1) is 11.3 Å². The van der Waals surface area contributed by atoms with E-state index in [1.165, 1.54) is 11.3 Å². The zero-order valence-corrected chi connectivity index (χ0v) is 21.8. The molecule has 0 atom stereocenters. The van der Waals surface area contributed by atoms with Gasteiger partial charge < -0.3 is 4.74 Å². The van der Waals surface area contributed by atoms with Crippen molar-refractivity contribution in [2.75, 3.05) is 0 Å². The van der Waals surface area contributed by atoms with Crippen molar-refractivity contribution in [3.8, 4) is 0 Å². The lowest BCUT2D eigenvalue weighted by Gasteiger charge is -2.30. The lowest BCUT2D eigenvalue weighted by Crippen LogP contribution is -2.54. The molecule has 1 aromatic carbocycles. The van der Waals surface area contributed by atoms with Crippen LogP contribution in [-0.2, 0) is 28.0 Å². The topological polar surface area (TPSA) is 70.3 Å². The van der Waals surface area contributed by atoms with Crippen LogP contribution in [-0.4, -0.2) is 20.7 Å². The third-order valence-electron chi connectivity index (χ3n) is 6.65. The molecule has 0 radical (unpaired) electrons. The summed E-state index contributed by atoms with van der Waals surface area (Å²) in [7, 11) is 0. The van der Waals surface area contributed by atoms with Gasteiger partial charge in [-0.05, 0) is 77.8 Å². The number of thiophene rings is 1. The number of aromatic nitrogens is 2. The molecule has 6 nitrogen and oxygen atoms in total. The van der Waals surface area contributed by atoms with Crippen molar-refractivity contribution in [1.82, 2.24) is 9.13 Å². The zero-order chi connectivity index (χ0) is 24.8. The van der Waals surface area contributed by atoms with Gasteiger partial charge in [0.15, 0.2) is 0 Å². The molecule has 7 heteroatoms. The number of rotatable bonds is 6. The molecule has 4 rings (SSSR count). The summed E-state index contributed by atoms with van der Waals surface area (Å²) in [5.41, 5.74) is -1.01. The standard InChI is InChI=1S/C27H34N2O4S/c1-17-20-22(30)29(27(5,6)24(31)33-26(2,3)4)25(32)28(16-15-18-11-8-7-9-12-18)23(20)34-21(17)19-13-10-14-19/h7-9,11-12,19H,10,13-16H2,1-6H3. The maximum absolute atomic E-state index is 13.8. The van der Waals surface area contributed by atoms with Crippen LogP contribution in [0.2, 0.25) is 0 Å². The Balaban J connectivity index is 1.92. The van der Waals surface area contributed by atoms with E-state index in [0.29, 0.717) is 29.1 Å². The van der Waals surface area contributed by atoms with E-state index in [-0.39, 0.29) is 0 Å². The molecule has 182 valence electrons. The Bertz CT molecular complexity index is 1340. The minimum Gasteiger partial charge on any atom is -0.458 e. The SMILES string of the molecule is Cc1c(C2CCC2)sc2c1c(=O)n(C(C)(C)C(=O)OC(C)(C)C)c(=O)n2CCc1ccccc1. The second-order valence-corrected chi connectivity index (χ2v) is 11.8. The highest BCUT2D eigenvalue weighted by molar-refractivity contribution is 7.19. The molecule has 0 amide bonds. The molecule has 34 heavy (non-hydrogen) atoms. The molecule has 3 aromatic rings. The molecule has 1 saturated carbocycles. The summed E-state index contributed by atoms with van der Waals surface area (Å²) in [6.07, 6.45) is 4.06. The van der Waals surface area contributed by atoms with Crippen molar-refractivity contribution in [3.05, 3.63) is 67.2 Å². The number of carbonyl (C=O) groups excluding carboxylic acids is 1. The molecule has 1 fully saturated rings. The highest BCUT2D eigenvalue weighted by atomic mass is 32.1. The first-order valence-corrected chi connectivity index (χ1v) is 12.8. The predicted octanol–water partition coefficient (Wildman–Crippen LogP) is 5.12. The maximum Gasteiger partial charge on any atom is 0.333 e. The summed E-state index contributed by atoms with van der Waals surface area (Å²) >= 11 is 1.57. The molecular weight excluding hydrogens is 448 g/mol. The Morgan fingerprint density at radius 3 is 2.29 bits per heavy atom. The van der Waals surface area contributed by atoms with Crippen LogP contribution in [0.3, 0.4) is 0 Å². The van der Waals surface area contributed by atoms with Crippen LogP contribution < -0.4 is 11.2 Å². The molecule has 2 heterocycles. The molecule has 0 unspecified atom stereocenters. The summed E-state index contributed by atoms with van der Waals surface area (Å²) in [6, 6.07) is 9.98. The molecule has 0 bridgehead atoms. The van der Waals surface area contributed by atoms with Gasteiger partial charge in [0.1, 0.15) is 16.0 Å². The Hall–Kier alpha value is -2.67. The Labute approximate surface area is 204 Å².